The molecule has 0 aliphatic heterocycles. The SMILES string of the molecule is CCNC(=O)Nc1cccc(NC(=O)/C=C/c2cccc(OCc3csc(C)n3)c2)c1. The maximum Gasteiger partial charge on any atom is 0.319 e. The van der Waals surface area contributed by atoms with Gasteiger partial charge in [-0.2, -0.15) is 0 Å². The molecule has 3 aromatic rings. The van der Waals surface area contributed by atoms with Crippen LogP contribution in [0, 0.1) is 6.92 Å². The highest BCUT2D eigenvalue weighted by atomic mass is 32.1. The molecule has 0 saturated heterocycles. The van der Waals surface area contributed by atoms with E-state index in [-0.39, 0.29) is 11.9 Å². The topological polar surface area (TPSA) is 92.4 Å². The monoisotopic (exact) mass is 436 g/mol. The molecular formula is C23H24N4O3S. The highest BCUT2D eigenvalue weighted by Crippen LogP contribution is 2.18. The van der Waals surface area contributed by atoms with Crippen molar-refractivity contribution >= 4 is 40.7 Å². The maximum atomic E-state index is 12.3. The molecule has 1 heterocycles. The molecule has 0 unspecified atom stereocenters. The first-order chi connectivity index (χ1) is 15.0. The molecule has 0 aliphatic carbocycles. The van der Waals surface area contributed by atoms with E-state index in [4.69, 9.17) is 4.74 Å². The van der Waals surface area contributed by atoms with E-state index in [0.29, 0.717) is 30.3 Å². The van der Waals surface area contributed by atoms with E-state index in [0.717, 1.165) is 16.3 Å². The number of nitrogens with one attached hydrogen (secondary N) is 3. The summed E-state index contributed by atoms with van der Waals surface area (Å²) in [6.45, 7) is 4.73. The summed E-state index contributed by atoms with van der Waals surface area (Å²) in [5.74, 6) is 0.428. The van der Waals surface area contributed by atoms with Crippen molar-refractivity contribution in [2.75, 3.05) is 17.2 Å². The van der Waals surface area contributed by atoms with Gasteiger partial charge in [-0.25, -0.2) is 9.78 Å². The fraction of sp³-hybridized carbons (Fsp3) is 0.174. The number of urea groups is 1. The lowest BCUT2D eigenvalue weighted by molar-refractivity contribution is -0.111. The Balaban J connectivity index is 1.55. The first-order valence-corrected chi connectivity index (χ1v) is 10.7. The van der Waals surface area contributed by atoms with Crippen LogP contribution in [0.5, 0.6) is 5.75 Å². The molecule has 3 rings (SSSR count). The number of amides is 3. The maximum absolute atomic E-state index is 12.3. The van der Waals surface area contributed by atoms with E-state index in [9.17, 15) is 9.59 Å². The third-order valence-corrected chi connectivity index (χ3v) is 4.89. The van der Waals surface area contributed by atoms with E-state index >= 15 is 0 Å². The molecule has 7 nitrogen and oxygen atoms in total. The van der Waals surface area contributed by atoms with Gasteiger partial charge in [-0.15, -0.1) is 11.3 Å². The summed E-state index contributed by atoms with van der Waals surface area (Å²) >= 11 is 1.59. The third-order valence-electron chi connectivity index (χ3n) is 4.06. The highest BCUT2D eigenvalue weighted by molar-refractivity contribution is 7.09. The number of nitrogens with zero attached hydrogens (tertiary/aromatic N) is 1. The average molecular weight is 437 g/mol. The smallest absolute Gasteiger partial charge is 0.319 e. The van der Waals surface area contributed by atoms with Crippen molar-refractivity contribution in [2.45, 2.75) is 20.5 Å². The number of hydrogen-bond acceptors (Lipinski definition) is 5. The molecule has 0 spiro atoms. The number of carbonyl (C=O) groups excluding carboxylic acids is 2. The standard InChI is InChI=1S/C23H24N4O3S/c1-3-24-23(29)27-19-8-5-7-18(13-19)26-22(28)11-10-17-6-4-9-21(12-17)30-14-20-15-31-16(2)25-20/h4-13,15H,3,14H2,1-2H3,(H,26,28)(H2,24,27,29)/b11-10+. The second-order valence-corrected chi connectivity index (χ2v) is 7.67. The van der Waals surface area contributed by atoms with Crippen LogP contribution >= 0.6 is 11.3 Å². The Morgan fingerprint density at radius 1 is 1.10 bits per heavy atom. The summed E-state index contributed by atoms with van der Waals surface area (Å²) in [5, 5.41) is 11.1. The minimum atomic E-state index is -0.294. The summed E-state index contributed by atoms with van der Waals surface area (Å²) in [4.78, 5) is 28.3. The number of carbonyl (C=O) groups is 2. The van der Waals surface area contributed by atoms with E-state index in [2.05, 4.69) is 20.9 Å². The van der Waals surface area contributed by atoms with Crippen LogP contribution in [0.25, 0.3) is 6.08 Å². The molecule has 3 N–H and O–H groups in total. The highest BCUT2D eigenvalue weighted by Gasteiger charge is 2.04. The van der Waals surface area contributed by atoms with Gasteiger partial charge in [0.05, 0.1) is 10.7 Å². The van der Waals surface area contributed by atoms with Crippen molar-refractivity contribution in [1.82, 2.24) is 10.3 Å². The molecular weight excluding hydrogens is 412 g/mol. The van der Waals surface area contributed by atoms with Crippen molar-refractivity contribution < 1.29 is 14.3 Å². The number of rotatable bonds is 8. The average Bonchev–Trinajstić information content (AvgIpc) is 3.17. The summed E-state index contributed by atoms with van der Waals surface area (Å²) in [5.41, 5.74) is 2.91. The molecule has 0 bridgehead atoms. The van der Waals surface area contributed by atoms with Gasteiger partial charge in [-0.05, 0) is 55.8 Å². The van der Waals surface area contributed by atoms with Gasteiger partial charge in [0.2, 0.25) is 5.91 Å². The van der Waals surface area contributed by atoms with Gasteiger partial charge in [0, 0.05) is 29.4 Å². The lowest BCUT2D eigenvalue weighted by Crippen LogP contribution is -2.28. The number of benzene rings is 2. The molecule has 3 amide bonds. The number of aromatic nitrogens is 1. The van der Waals surface area contributed by atoms with Gasteiger partial charge in [0.15, 0.2) is 0 Å². The second kappa shape index (κ2) is 10.9. The minimum Gasteiger partial charge on any atom is -0.487 e. The number of hydrogen-bond donors (Lipinski definition) is 3. The minimum absolute atomic E-state index is 0.278. The predicted octanol–water partition coefficient (Wildman–Crippen LogP) is 4.82. The number of ether oxygens (including phenoxy) is 1. The molecule has 0 radical (unpaired) electrons. The van der Waals surface area contributed by atoms with Crippen molar-refractivity contribution in [3.63, 3.8) is 0 Å². The van der Waals surface area contributed by atoms with Crippen LogP contribution < -0.4 is 20.7 Å². The van der Waals surface area contributed by atoms with Gasteiger partial charge >= 0.3 is 6.03 Å². The summed E-state index contributed by atoms with van der Waals surface area (Å²) in [6.07, 6.45) is 3.17. The lowest BCUT2D eigenvalue weighted by atomic mass is 10.2. The zero-order chi connectivity index (χ0) is 22.1. The van der Waals surface area contributed by atoms with Crippen molar-refractivity contribution in [2.24, 2.45) is 0 Å². The second-order valence-electron chi connectivity index (χ2n) is 6.61. The Bertz CT molecular complexity index is 1080. The Morgan fingerprint density at radius 2 is 1.87 bits per heavy atom. The molecule has 0 saturated carbocycles. The lowest BCUT2D eigenvalue weighted by Gasteiger charge is -2.08. The first-order valence-electron chi connectivity index (χ1n) is 9.79. The Morgan fingerprint density at radius 3 is 2.61 bits per heavy atom. The summed E-state index contributed by atoms with van der Waals surface area (Å²) < 4.78 is 5.78. The molecule has 2 aromatic carbocycles. The number of aryl methyl sites for hydroxylation is 1. The van der Waals surface area contributed by atoms with Crippen molar-refractivity contribution in [3.05, 3.63) is 76.3 Å². The van der Waals surface area contributed by atoms with Crippen LogP contribution in [0.3, 0.4) is 0 Å². The van der Waals surface area contributed by atoms with Crippen molar-refractivity contribution in [1.29, 1.82) is 0 Å². The zero-order valence-corrected chi connectivity index (χ0v) is 18.2. The molecule has 8 heteroatoms. The normalized spacial score (nSPS) is 10.6. The van der Waals surface area contributed by atoms with Gasteiger partial charge in [0.25, 0.3) is 0 Å². The van der Waals surface area contributed by atoms with Gasteiger partial charge in [0.1, 0.15) is 12.4 Å². The van der Waals surface area contributed by atoms with Crippen LogP contribution in [0.15, 0.2) is 60.0 Å². The van der Waals surface area contributed by atoms with Crippen LogP contribution in [0.1, 0.15) is 23.2 Å². The van der Waals surface area contributed by atoms with Gasteiger partial charge < -0.3 is 20.7 Å². The van der Waals surface area contributed by atoms with Gasteiger partial charge in [-0.3, -0.25) is 4.79 Å². The largest absolute Gasteiger partial charge is 0.487 e. The molecule has 0 atom stereocenters. The van der Waals surface area contributed by atoms with E-state index in [1.807, 2.05) is 43.5 Å². The Labute approximate surface area is 185 Å². The van der Waals surface area contributed by atoms with Crippen LogP contribution in [0.4, 0.5) is 16.2 Å². The zero-order valence-electron chi connectivity index (χ0n) is 17.3. The summed E-state index contributed by atoms with van der Waals surface area (Å²) in [6, 6.07) is 14.1. The van der Waals surface area contributed by atoms with Crippen LogP contribution in [-0.2, 0) is 11.4 Å². The van der Waals surface area contributed by atoms with Gasteiger partial charge in [-0.1, -0.05) is 18.2 Å². The number of thiazole rings is 1. The predicted molar refractivity (Wildman–Crippen MR) is 124 cm³/mol. The number of anilines is 2. The van der Waals surface area contributed by atoms with E-state index in [1.165, 1.54) is 6.08 Å². The molecule has 0 aliphatic rings. The third kappa shape index (κ3) is 7.27. The molecule has 0 fully saturated rings. The fourth-order valence-corrected chi connectivity index (χ4v) is 3.30. The van der Waals surface area contributed by atoms with E-state index in [1.54, 1.807) is 41.7 Å². The first kappa shape index (κ1) is 22.0. The Kier molecular flexibility index (Phi) is 7.78. The Hall–Kier alpha value is -3.65. The quantitative estimate of drug-likeness (QED) is 0.441. The van der Waals surface area contributed by atoms with Crippen LogP contribution in [0.2, 0.25) is 0 Å². The van der Waals surface area contributed by atoms with Crippen LogP contribution in [-0.4, -0.2) is 23.5 Å². The molecule has 160 valence electrons. The summed E-state index contributed by atoms with van der Waals surface area (Å²) in [7, 11) is 0. The van der Waals surface area contributed by atoms with Crippen molar-refractivity contribution in [3.8, 4) is 5.75 Å². The molecule has 1 aromatic heterocycles. The van der Waals surface area contributed by atoms with E-state index < -0.39 is 0 Å². The molecule has 31 heavy (non-hydrogen) atoms. The fourth-order valence-electron chi connectivity index (χ4n) is 2.71.